The van der Waals surface area contributed by atoms with E-state index in [2.05, 4.69) is 5.32 Å². The predicted molar refractivity (Wildman–Crippen MR) is 161 cm³/mol. The van der Waals surface area contributed by atoms with E-state index >= 15 is 0 Å². The molecule has 8 nitrogen and oxygen atoms in total. The summed E-state index contributed by atoms with van der Waals surface area (Å²) in [5.74, 6) is -0.923. The second kappa shape index (κ2) is 14.3. The van der Waals surface area contributed by atoms with Gasteiger partial charge in [0.1, 0.15) is 24.2 Å². The van der Waals surface area contributed by atoms with Crippen molar-refractivity contribution in [3.63, 3.8) is 0 Å². The fourth-order valence-corrected chi connectivity index (χ4v) is 6.07. The van der Waals surface area contributed by atoms with E-state index in [9.17, 15) is 22.4 Å². The standard InChI is InChI=1S/C32H38FN3O5S/c1-3-41-28-19-17-27(18-20-28)36(42(2,39)40)23-31(37)35(22-25-13-7-10-16-29(25)33)30(21-24-11-5-4-6-12-24)32(38)34-26-14-8-9-15-26/h4-7,10-13,16-20,26,30H,3,8-9,14-15,21-23H2,1-2H3,(H,34,38). The van der Waals surface area contributed by atoms with Gasteiger partial charge in [0.15, 0.2) is 0 Å². The maximum absolute atomic E-state index is 14.9. The van der Waals surface area contributed by atoms with E-state index in [0.29, 0.717) is 12.4 Å². The Morgan fingerprint density at radius 1 is 0.976 bits per heavy atom. The SMILES string of the molecule is CCOc1ccc(N(CC(=O)N(Cc2ccccc2F)C(Cc2ccccc2)C(=O)NC2CCCC2)S(C)(=O)=O)cc1. The monoisotopic (exact) mass is 595 g/mol. The summed E-state index contributed by atoms with van der Waals surface area (Å²) in [6.07, 6.45) is 4.93. The Morgan fingerprint density at radius 2 is 1.62 bits per heavy atom. The molecule has 224 valence electrons. The van der Waals surface area contributed by atoms with E-state index in [1.807, 2.05) is 37.3 Å². The lowest BCUT2D eigenvalue weighted by Crippen LogP contribution is -2.54. The van der Waals surface area contributed by atoms with Gasteiger partial charge in [0.25, 0.3) is 0 Å². The molecule has 3 aromatic carbocycles. The van der Waals surface area contributed by atoms with E-state index in [1.165, 1.54) is 11.0 Å². The zero-order valence-corrected chi connectivity index (χ0v) is 24.9. The Bertz CT molecular complexity index is 1440. The van der Waals surface area contributed by atoms with E-state index < -0.39 is 34.3 Å². The van der Waals surface area contributed by atoms with Crippen LogP contribution in [0.3, 0.4) is 0 Å². The molecular formula is C32H38FN3O5S. The molecule has 0 heterocycles. The number of ether oxygens (including phenoxy) is 1. The summed E-state index contributed by atoms with van der Waals surface area (Å²) < 4.78 is 47.2. The Morgan fingerprint density at radius 3 is 2.24 bits per heavy atom. The molecule has 3 aromatic rings. The van der Waals surface area contributed by atoms with Crippen LogP contribution in [0.25, 0.3) is 0 Å². The first-order valence-electron chi connectivity index (χ1n) is 14.2. The summed E-state index contributed by atoms with van der Waals surface area (Å²) in [6, 6.07) is 20.8. The van der Waals surface area contributed by atoms with Crippen molar-refractivity contribution in [3.8, 4) is 5.75 Å². The highest BCUT2D eigenvalue weighted by Crippen LogP contribution is 2.24. The first kappa shape index (κ1) is 31.0. The molecule has 42 heavy (non-hydrogen) atoms. The third-order valence-corrected chi connectivity index (χ3v) is 8.53. The molecule has 1 saturated carbocycles. The molecule has 0 aromatic heterocycles. The quantitative estimate of drug-likeness (QED) is 0.309. The van der Waals surface area contributed by atoms with Crippen LogP contribution >= 0.6 is 0 Å². The number of carbonyl (C=O) groups is 2. The summed E-state index contributed by atoms with van der Waals surface area (Å²) in [6.45, 7) is 1.52. The second-order valence-corrected chi connectivity index (χ2v) is 12.4. The van der Waals surface area contributed by atoms with Crippen molar-refractivity contribution < 1.29 is 27.1 Å². The molecule has 1 unspecified atom stereocenters. The minimum atomic E-state index is -3.91. The summed E-state index contributed by atoms with van der Waals surface area (Å²) in [4.78, 5) is 29.3. The fourth-order valence-electron chi connectivity index (χ4n) is 5.22. The number of hydrogen-bond acceptors (Lipinski definition) is 5. The molecule has 1 fully saturated rings. The number of nitrogens with one attached hydrogen (secondary N) is 1. The number of carbonyl (C=O) groups excluding carboxylic acids is 2. The van der Waals surface area contributed by atoms with E-state index in [1.54, 1.807) is 42.5 Å². The highest BCUT2D eigenvalue weighted by Gasteiger charge is 2.34. The number of benzene rings is 3. The maximum Gasteiger partial charge on any atom is 0.244 e. The zero-order valence-electron chi connectivity index (χ0n) is 24.0. The largest absolute Gasteiger partial charge is 0.494 e. The number of rotatable bonds is 13. The van der Waals surface area contributed by atoms with Crippen molar-refractivity contribution in [3.05, 3.63) is 95.8 Å². The number of anilines is 1. The van der Waals surface area contributed by atoms with Crippen molar-refractivity contribution in [1.82, 2.24) is 10.2 Å². The van der Waals surface area contributed by atoms with Gasteiger partial charge in [-0.2, -0.15) is 0 Å². The van der Waals surface area contributed by atoms with Gasteiger partial charge in [0.2, 0.25) is 21.8 Å². The average molecular weight is 596 g/mol. The fraction of sp³-hybridized carbons (Fsp3) is 0.375. The summed E-state index contributed by atoms with van der Waals surface area (Å²) in [5.41, 5.74) is 1.32. The second-order valence-electron chi connectivity index (χ2n) is 10.5. The van der Waals surface area contributed by atoms with Crippen LogP contribution in [0, 0.1) is 5.82 Å². The molecule has 0 saturated heterocycles. The molecule has 1 atom stereocenters. The molecule has 0 radical (unpaired) electrons. The number of halogens is 1. The molecule has 2 amide bonds. The van der Waals surface area contributed by atoms with Gasteiger partial charge in [-0.25, -0.2) is 12.8 Å². The number of nitrogens with zero attached hydrogens (tertiary/aromatic N) is 2. The van der Waals surface area contributed by atoms with E-state index in [0.717, 1.165) is 41.8 Å². The van der Waals surface area contributed by atoms with Crippen molar-refractivity contribution >= 4 is 27.5 Å². The van der Waals surface area contributed by atoms with Gasteiger partial charge in [0, 0.05) is 24.6 Å². The minimum absolute atomic E-state index is 0.00226. The van der Waals surface area contributed by atoms with Crippen LogP contribution in [-0.2, 0) is 32.6 Å². The molecule has 1 N–H and O–H groups in total. The van der Waals surface area contributed by atoms with Crippen LogP contribution in [0.2, 0.25) is 0 Å². The molecule has 0 spiro atoms. The molecule has 1 aliphatic rings. The van der Waals surface area contributed by atoms with Gasteiger partial charge < -0.3 is 15.0 Å². The van der Waals surface area contributed by atoms with Crippen molar-refractivity contribution in [2.45, 2.75) is 57.7 Å². The highest BCUT2D eigenvalue weighted by molar-refractivity contribution is 7.92. The summed E-state index contributed by atoms with van der Waals surface area (Å²) in [7, 11) is -3.91. The van der Waals surface area contributed by atoms with Gasteiger partial charge in [-0.15, -0.1) is 0 Å². The smallest absolute Gasteiger partial charge is 0.244 e. The van der Waals surface area contributed by atoms with Crippen LogP contribution in [0.4, 0.5) is 10.1 Å². The average Bonchev–Trinajstić information content (AvgIpc) is 3.48. The lowest BCUT2D eigenvalue weighted by atomic mass is 10.0. The van der Waals surface area contributed by atoms with Gasteiger partial charge in [-0.05, 0) is 55.7 Å². The van der Waals surface area contributed by atoms with Gasteiger partial charge in [0.05, 0.1) is 18.6 Å². The van der Waals surface area contributed by atoms with Crippen LogP contribution in [0.5, 0.6) is 5.75 Å². The Kier molecular flexibility index (Phi) is 10.6. The van der Waals surface area contributed by atoms with Crippen molar-refractivity contribution in [1.29, 1.82) is 0 Å². The molecule has 1 aliphatic carbocycles. The first-order valence-corrected chi connectivity index (χ1v) is 16.1. The predicted octanol–water partition coefficient (Wildman–Crippen LogP) is 4.69. The minimum Gasteiger partial charge on any atom is -0.494 e. The van der Waals surface area contributed by atoms with Crippen molar-refractivity contribution in [2.24, 2.45) is 0 Å². The van der Waals surface area contributed by atoms with Crippen molar-refractivity contribution in [2.75, 3.05) is 23.7 Å². The Labute approximate surface area is 247 Å². The first-order chi connectivity index (χ1) is 20.2. The van der Waals surface area contributed by atoms with Gasteiger partial charge in [-0.1, -0.05) is 61.4 Å². The van der Waals surface area contributed by atoms with E-state index in [-0.39, 0.29) is 36.2 Å². The van der Waals surface area contributed by atoms with Crippen LogP contribution in [0.1, 0.15) is 43.7 Å². The zero-order chi connectivity index (χ0) is 30.1. The molecule has 0 bridgehead atoms. The summed E-state index contributed by atoms with van der Waals surface area (Å²) >= 11 is 0. The molecule has 10 heteroatoms. The third kappa shape index (κ3) is 8.31. The normalized spacial score (nSPS) is 14.3. The van der Waals surface area contributed by atoms with Crippen LogP contribution < -0.4 is 14.4 Å². The highest BCUT2D eigenvalue weighted by atomic mass is 32.2. The van der Waals surface area contributed by atoms with E-state index in [4.69, 9.17) is 4.74 Å². The molecular weight excluding hydrogens is 557 g/mol. The van der Waals surface area contributed by atoms with Crippen LogP contribution in [0.15, 0.2) is 78.9 Å². The topological polar surface area (TPSA) is 96.0 Å². The number of hydrogen-bond donors (Lipinski definition) is 1. The van der Waals surface area contributed by atoms with Gasteiger partial charge in [-0.3, -0.25) is 13.9 Å². The third-order valence-electron chi connectivity index (χ3n) is 7.39. The molecule has 0 aliphatic heterocycles. The Balaban J connectivity index is 1.71. The lowest BCUT2D eigenvalue weighted by molar-refractivity contribution is -0.140. The van der Waals surface area contributed by atoms with Crippen LogP contribution in [-0.4, -0.2) is 56.6 Å². The number of amides is 2. The Hall–Kier alpha value is -3.92. The lowest BCUT2D eigenvalue weighted by Gasteiger charge is -2.34. The maximum atomic E-state index is 14.9. The molecule has 4 rings (SSSR count). The van der Waals surface area contributed by atoms with Gasteiger partial charge >= 0.3 is 0 Å². The summed E-state index contributed by atoms with van der Waals surface area (Å²) in [5, 5.41) is 3.10. The number of sulfonamides is 1.